The first kappa shape index (κ1) is 17.0. The fourth-order valence-electron chi connectivity index (χ4n) is 3.18. The third-order valence-corrected chi connectivity index (χ3v) is 6.22. The van der Waals surface area contributed by atoms with Crippen LogP contribution in [0.1, 0.15) is 31.5 Å². The van der Waals surface area contributed by atoms with Crippen molar-refractivity contribution in [3.8, 4) is 5.75 Å². The zero-order valence-corrected chi connectivity index (χ0v) is 14.9. The summed E-state index contributed by atoms with van der Waals surface area (Å²) in [5.74, 6) is 1.65. The van der Waals surface area contributed by atoms with Crippen LogP contribution in [0.3, 0.4) is 0 Å². The minimum atomic E-state index is -3.52. The number of imidazole rings is 1. The molecule has 1 fully saturated rings. The normalized spacial score (nSPS) is 19.3. The summed E-state index contributed by atoms with van der Waals surface area (Å²) >= 11 is 0. The largest absolute Gasteiger partial charge is 0.494 e. The van der Waals surface area contributed by atoms with Gasteiger partial charge in [-0.1, -0.05) is 6.07 Å². The maximum Gasteiger partial charge on any atom is 0.243 e. The first-order chi connectivity index (χ1) is 11.5. The van der Waals surface area contributed by atoms with E-state index in [1.807, 2.05) is 24.7 Å². The minimum Gasteiger partial charge on any atom is -0.494 e. The van der Waals surface area contributed by atoms with Gasteiger partial charge >= 0.3 is 0 Å². The van der Waals surface area contributed by atoms with Gasteiger partial charge in [-0.2, -0.15) is 4.31 Å². The summed E-state index contributed by atoms with van der Waals surface area (Å²) in [4.78, 5) is 4.67. The van der Waals surface area contributed by atoms with Crippen LogP contribution < -0.4 is 4.74 Å². The highest BCUT2D eigenvalue weighted by atomic mass is 32.2. The van der Waals surface area contributed by atoms with E-state index in [0.29, 0.717) is 25.4 Å². The molecule has 0 spiro atoms. The lowest BCUT2D eigenvalue weighted by Crippen LogP contribution is -2.39. The van der Waals surface area contributed by atoms with E-state index in [-0.39, 0.29) is 10.8 Å². The Balaban J connectivity index is 1.84. The van der Waals surface area contributed by atoms with E-state index < -0.39 is 10.0 Å². The van der Waals surface area contributed by atoms with Gasteiger partial charge in [0.25, 0.3) is 0 Å². The molecule has 1 aliphatic rings. The molecule has 3 rings (SSSR count). The Morgan fingerprint density at radius 3 is 2.92 bits per heavy atom. The highest BCUT2D eigenvalue weighted by molar-refractivity contribution is 7.89. The van der Waals surface area contributed by atoms with Crippen molar-refractivity contribution in [2.24, 2.45) is 7.05 Å². The Labute approximate surface area is 143 Å². The minimum absolute atomic E-state index is 0.128. The van der Waals surface area contributed by atoms with E-state index in [2.05, 4.69) is 4.98 Å². The van der Waals surface area contributed by atoms with Crippen molar-refractivity contribution in [1.29, 1.82) is 0 Å². The summed E-state index contributed by atoms with van der Waals surface area (Å²) in [6.45, 7) is 3.39. The lowest BCUT2D eigenvalue weighted by Gasteiger charge is -2.31. The summed E-state index contributed by atoms with van der Waals surface area (Å²) in [7, 11) is -1.58. The molecule has 0 N–H and O–H groups in total. The number of rotatable bonds is 5. The molecule has 1 atom stereocenters. The van der Waals surface area contributed by atoms with Gasteiger partial charge in [0.1, 0.15) is 11.6 Å². The van der Waals surface area contributed by atoms with Gasteiger partial charge in [0.15, 0.2) is 0 Å². The molecule has 0 bridgehead atoms. The third-order valence-electron chi connectivity index (χ3n) is 4.36. The van der Waals surface area contributed by atoms with Gasteiger partial charge in [0.05, 0.1) is 11.5 Å². The molecule has 1 saturated heterocycles. The van der Waals surface area contributed by atoms with Gasteiger partial charge in [-0.25, -0.2) is 13.4 Å². The smallest absolute Gasteiger partial charge is 0.243 e. The molecular weight excluding hydrogens is 326 g/mol. The second kappa shape index (κ2) is 6.94. The molecule has 0 unspecified atom stereocenters. The maximum atomic E-state index is 13.0. The van der Waals surface area contributed by atoms with Crippen LogP contribution in [0.4, 0.5) is 0 Å². The molecule has 6 nitrogen and oxygen atoms in total. The highest BCUT2D eigenvalue weighted by Gasteiger charge is 2.32. The van der Waals surface area contributed by atoms with Crippen molar-refractivity contribution in [3.05, 3.63) is 42.5 Å². The third kappa shape index (κ3) is 3.32. The van der Waals surface area contributed by atoms with Crippen molar-refractivity contribution in [3.63, 3.8) is 0 Å². The van der Waals surface area contributed by atoms with Crippen LogP contribution in [0, 0.1) is 0 Å². The van der Waals surface area contributed by atoms with E-state index in [1.54, 1.807) is 34.8 Å². The molecule has 0 saturated carbocycles. The average Bonchev–Trinajstić information content (AvgIpc) is 3.02. The van der Waals surface area contributed by atoms with Gasteiger partial charge in [0.2, 0.25) is 10.0 Å². The first-order valence-corrected chi connectivity index (χ1v) is 9.66. The van der Waals surface area contributed by atoms with Crippen molar-refractivity contribution in [2.75, 3.05) is 19.7 Å². The standard InChI is InChI=1S/C17H23N3O3S/c1-3-23-15-7-4-8-16(12-15)24(21,22)20-10-5-6-14(13-20)17-18-9-11-19(17)2/h4,7-9,11-12,14H,3,5-6,10,13H2,1-2H3/t14-/m1/s1. The molecule has 130 valence electrons. The summed E-state index contributed by atoms with van der Waals surface area (Å²) in [6.07, 6.45) is 5.44. The number of hydrogen-bond acceptors (Lipinski definition) is 4. The van der Waals surface area contributed by atoms with Gasteiger partial charge in [-0.05, 0) is 31.9 Å². The number of piperidine rings is 1. The van der Waals surface area contributed by atoms with Crippen molar-refractivity contribution in [1.82, 2.24) is 13.9 Å². The van der Waals surface area contributed by atoms with Crippen LogP contribution in [-0.2, 0) is 17.1 Å². The summed E-state index contributed by atoms with van der Waals surface area (Å²) in [5.41, 5.74) is 0. The zero-order chi connectivity index (χ0) is 17.2. The molecule has 1 aromatic carbocycles. The Hall–Kier alpha value is -1.86. The maximum absolute atomic E-state index is 13.0. The van der Waals surface area contributed by atoms with E-state index in [1.165, 1.54) is 0 Å². The Morgan fingerprint density at radius 1 is 1.38 bits per heavy atom. The molecule has 24 heavy (non-hydrogen) atoms. The van der Waals surface area contributed by atoms with Crippen molar-refractivity contribution in [2.45, 2.75) is 30.6 Å². The van der Waals surface area contributed by atoms with Crippen LogP contribution in [-0.4, -0.2) is 42.0 Å². The molecular formula is C17H23N3O3S. The topological polar surface area (TPSA) is 64.4 Å². The number of aryl methyl sites for hydroxylation is 1. The second-order valence-corrected chi connectivity index (χ2v) is 7.94. The first-order valence-electron chi connectivity index (χ1n) is 8.22. The van der Waals surface area contributed by atoms with Crippen molar-refractivity contribution >= 4 is 10.0 Å². The van der Waals surface area contributed by atoms with Crippen LogP contribution in [0.5, 0.6) is 5.75 Å². The number of benzene rings is 1. The molecule has 0 aliphatic carbocycles. The quantitative estimate of drug-likeness (QED) is 0.831. The molecule has 2 aromatic rings. The average molecular weight is 349 g/mol. The predicted octanol–water partition coefficient (Wildman–Crippen LogP) is 2.39. The summed E-state index contributed by atoms with van der Waals surface area (Å²) < 4.78 is 34.9. The Bertz CT molecular complexity index is 801. The number of ether oxygens (including phenoxy) is 1. The molecule has 1 aliphatic heterocycles. The predicted molar refractivity (Wildman–Crippen MR) is 91.6 cm³/mol. The monoisotopic (exact) mass is 349 g/mol. The van der Waals surface area contributed by atoms with Crippen molar-refractivity contribution < 1.29 is 13.2 Å². The van der Waals surface area contributed by atoms with E-state index in [9.17, 15) is 8.42 Å². The molecule has 0 radical (unpaired) electrons. The van der Waals surface area contributed by atoms with Crippen LogP contribution in [0.15, 0.2) is 41.6 Å². The second-order valence-electron chi connectivity index (χ2n) is 6.01. The van der Waals surface area contributed by atoms with Gasteiger partial charge in [0, 0.05) is 44.5 Å². The van der Waals surface area contributed by atoms with Crippen LogP contribution in [0.25, 0.3) is 0 Å². The molecule has 2 heterocycles. The zero-order valence-electron chi connectivity index (χ0n) is 14.1. The van der Waals surface area contributed by atoms with E-state index in [4.69, 9.17) is 4.74 Å². The van der Waals surface area contributed by atoms with Crippen LogP contribution in [0.2, 0.25) is 0 Å². The fourth-order valence-corrected chi connectivity index (χ4v) is 4.74. The molecule has 7 heteroatoms. The van der Waals surface area contributed by atoms with Gasteiger partial charge in [-0.3, -0.25) is 0 Å². The number of hydrogen-bond donors (Lipinski definition) is 0. The fraction of sp³-hybridized carbons (Fsp3) is 0.471. The summed E-state index contributed by atoms with van der Waals surface area (Å²) in [5, 5.41) is 0. The summed E-state index contributed by atoms with van der Waals surface area (Å²) in [6, 6.07) is 6.72. The lowest BCUT2D eigenvalue weighted by molar-refractivity contribution is 0.306. The lowest BCUT2D eigenvalue weighted by atomic mass is 9.99. The SMILES string of the molecule is CCOc1cccc(S(=O)(=O)N2CCC[C@@H](c3nccn3C)C2)c1. The van der Waals surface area contributed by atoms with E-state index in [0.717, 1.165) is 18.7 Å². The molecule has 1 aromatic heterocycles. The van der Waals surface area contributed by atoms with Gasteiger partial charge < -0.3 is 9.30 Å². The Kier molecular flexibility index (Phi) is 4.91. The van der Waals surface area contributed by atoms with Gasteiger partial charge in [-0.15, -0.1) is 0 Å². The van der Waals surface area contributed by atoms with E-state index >= 15 is 0 Å². The number of sulfonamides is 1. The Morgan fingerprint density at radius 2 is 2.21 bits per heavy atom. The number of nitrogens with zero attached hydrogens (tertiary/aromatic N) is 3. The van der Waals surface area contributed by atoms with Crippen LogP contribution >= 0.6 is 0 Å². The highest BCUT2D eigenvalue weighted by Crippen LogP contribution is 2.30. The number of aromatic nitrogens is 2. The molecule has 0 amide bonds.